The van der Waals surface area contributed by atoms with Gasteiger partial charge in [-0.05, 0) is 18.2 Å². The average Bonchev–Trinajstić information content (AvgIpc) is 2.67. The molecule has 0 aliphatic rings. The first kappa shape index (κ1) is 11.7. The van der Waals surface area contributed by atoms with Crippen LogP contribution >= 0.6 is 11.8 Å². The first-order valence-electron chi connectivity index (χ1n) is 4.99. The number of nitrogens with zero attached hydrogens (tertiary/aromatic N) is 1. The summed E-state index contributed by atoms with van der Waals surface area (Å²) in [5.74, 6) is -0.122. The van der Waals surface area contributed by atoms with Gasteiger partial charge in [0.2, 0.25) is 5.91 Å². The number of benzene rings is 1. The van der Waals surface area contributed by atoms with Gasteiger partial charge in [0.1, 0.15) is 0 Å². The van der Waals surface area contributed by atoms with Crippen molar-refractivity contribution in [2.75, 3.05) is 11.5 Å². The normalized spacial score (nSPS) is 12.8. The number of thioether (sulfide) groups is 1. The molecular weight excluding hydrogens is 238 g/mol. The van der Waals surface area contributed by atoms with Gasteiger partial charge in [-0.3, -0.25) is 4.79 Å². The van der Waals surface area contributed by atoms with Gasteiger partial charge in [-0.1, -0.05) is 11.8 Å². The topological polar surface area (TPSA) is 124 Å². The van der Waals surface area contributed by atoms with Crippen LogP contribution in [0.5, 0.6) is 0 Å². The van der Waals surface area contributed by atoms with E-state index < -0.39 is 11.9 Å². The fraction of sp³-hybridized carbons (Fsp3) is 0.200. The number of carbonyl (C=O) groups is 1. The van der Waals surface area contributed by atoms with Crippen LogP contribution in [0.2, 0.25) is 0 Å². The fourth-order valence-electron chi connectivity index (χ4n) is 1.32. The number of nitrogens with two attached hydrogens (primary N) is 3. The summed E-state index contributed by atoms with van der Waals surface area (Å²) in [5, 5.41) is 0.697. The van der Waals surface area contributed by atoms with Crippen molar-refractivity contribution < 1.29 is 4.79 Å². The Hall–Kier alpha value is -1.73. The van der Waals surface area contributed by atoms with Gasteiger partial charge < -0.3 is 22.2 Å². The Morgan fingerprint density at radius 3 is 3.00 bits per heavy atom. The summed E-state index contributed by atoms with van der Waals surface area (Å²) < 4.78 is 0. The van der Waals surface area contributed by atoms with E-state index in [0.717, 1.165) is 11.0 Å². The zero-order valence-corrected chi connectivity index (χ0v) is 9.83. The third-order valence-corrected chi connectivity index (χ3v) is 3.24. The van der Waals surface area contributed by atoms with Crippen molar-refractivity contribution in [3.8, 4) is 0 Å². The van der Waals surface area contributed by atoms with E-state index in [4.69, 9.17) is 17.2 Å². The van der Waals surface area contributed by atoms with E-state index in [0.29, 0.717) is 16.6 Å². The zero-order valence-electron chi connectivity index (χ0n) is 9.01. The van der Waals surface area contributed by atoms with Crippen molar-refractivity contribution in [1.82, 2.24) is 9.97 Å². The summed E-state index contributed by atoms with van der Waals surface area (Å²) in [7, 11) is 0. The van der Waals surface area contributed by atoms with E-state index in [1.165, 1.54) is 11.8 Å². The maximum atomic E-state index is 10.8. The molecule has 0 aliphatic carbocycles. The third kappa shape index (κ3) is 2.69. The number of rotatable bonds is 4. The Labute approximate surface area is 102 Å². The van der Waals surface area contributed by atoms with Crippen molar-refractivity contribution in [2.45, 2.75) is 11.2 Å². The van der Waals surface area contributed by atoms with Gasteiger partial charge in [0.05, 0.1) is 17.1 Å². The molecule has 7 N–H and O–H groups in total. The predicted molar refractivity (Wildman–Crippen MR) is 68.4 cm³/mol. The number of nitrogen functional groups attached to an aromatic ring is 1. The molecule has 1 aromatic carbocycles. The van der Waals surface area contributed by atoms with Crippen LogP contribution < -0.4 is 17.2 Å². The number of nitrogens with one attached hydrogen (secondary N) is 1. The second-order valence-electron chi connectivity index (χ2n) is 3.64. The summed E-state index contributed by atoms with van der Waals surface area (Å²) in [6, 6.07) is 4.75. The Balaban J connectivity index is 2.12. The number of carbonyl (C=O) groups excluding carboxylic acids is 1. The van der Waals surface area contributed by atoms with Crippen molar-refractivity contribution >= 4 is 34.4 Å². The number of primary amides is 1. The summed E-state index contributed by atoms with van der Waals surface area (Å²) in [6.07, 6.45) is 0. The van der Waals surface area contributed by atoms with Gasteiger partial charge in [-0.25, -0.2) is 4.98 Å². The van der Waals surface area contributed by atoms with Gasteiger partial charge >= 0.3 is 0 Å². The van der Waals surface area contributed by atoms with Crippen molar-refractivity contribution in [2.24, 2.45) is 11.5 Å². The smallest absolute Gasteiger partial charge is 0.235 e. The second kappa shape index (κ2) is 4.64. The maximum absolute atomic E-state index is 10.8. The van der Waals surface area contributed by atoms with Crippen LogP contribution in [0, 0.1) is 0 Å². The number of amides is 1. The highest BCUT2D eigenvalue weighted by molar-refractivity contribution is 7.99. The maximum Gasteiger partial charge on any atom is 0.235 e. The van der Waals surface area contributed by atoms with Crippen molar-refractivity contribution in [3.63, 3.8) is 0 Å². The first-order chi connectivity index (χ1) is 8.06. The molecule has 0 radical (unpaired) electrons. The van der Waals surface area contributed by atoms with E-state index in [1.807, 2.05) is 6.07 Å². The fourth-order valence-corrected chi connectivity index (χ4v) is 2.17. The monoisotopic (exact) mass is 251 g/mol. The van der Waals surface area contributed by atoms with Gasteiger partial charge in [0.25, 0.3) is 0 Å². The van der Waals surface area contributed by atoms with E-state index in [2.05, 4.69) is 9.97 Å². The molecule has 0 fully saturated rings. The number of hydrogen-bond acceptors (Lipinski definition) is 5. The molecule has 0 aliphatic heterocycles. The van der Waals surface area contributed by atoms with E-state index in [9.17, 15) is 4.79 Å². The Kier molecular flexibility index (Phi) is 3.21. The molecule has 0 bridgehead atoms. The Morgan fingerprint density at radius 1 is 1.53 bits per heavy atom. The van der Waals surface area contributed by atoms with Gasteiger partial charge in [0.15, 0.2) is 5.16 Å². The summed E-state index contributed by atoms with van der Waals surface area (Å²) in [6.45, 7) is 0. The molecule has 1 aromatic heterocycles. The minimum atomic E-state index is -0.668. The number of hydrogen-bond donors (Lipinski definition) is 4. The number of aromatic amines is 1. The lowest BCUT2D eigenvalue weighted by Crippen LogP contribution is -2.38. The number of aromatic nitrogens is 2. The quantitative estimate of drug-likeness (QED) is 0.451. The summed E-state index contributed by atoms with van der Waals surface area (Å²) in [4.78, 5) is 18.2. The Bertz CT molecular complexity index is 553. The van der Waals surface area contributed by atoms with Crippen LogP contribution in [-0.4, -0.2) is 27.7 Å². The lowest BCUT2D eigenvalue weighted by Gasteiger charge is -2.03. The van der Waals surface area contributed by atoms with Gasteiger partial charge in [-0.2, -0.15) is 0 Å². The lowest BCUT2D eigenvalue weighted by molar-refractivity contribution is -0.118. The molecule has 1 amide bonds. The van der Waals surface area contributed by atoms with Crippen LogP contribution in [0.4, 0.5) is 5.69 Å². The standard InChI is InChI=1S/C10H13N5OS/c11-5-1-2-7-8(3-5)15-10(14-7)17-4-6(12)9(13)16/h1-3,6H,4,11-12H2,(H2,13,16)(H,14,15). The number of H-pyrrole nitrogens is 1. The largest absolute Gasteiger partial charge is 0.399 e. The molecule has 0 saturated carbocycles. The molecule has 0 saturated heterocycles. The van der Waals surface area contributed by atoms with Crippen LogP contribution in [0.15, 0.2) is 23.4 Å². The number of imidazole rings is 1. The highest BCUT2D eigenvalue weighted by atomic mass is 32.2. The molecule has 1 heterocycles. The minimum absolute atomic E-state index is 0.393. The molecule has 6 nitrogen and oxygen atoms in total. The molecule has 90 valence electrons. The molecular formula is C10H13N5OS. The third-order valence-electron chi connectivity index (χ3n) is 2.25. The van der Waals surface area contributed by atoms with Crippen LogP contribution in [0.25, 0.3) is 11.0 Å². The molecule has 17 heavy (non-hydrogen) atoms. The highest BCUT2D eigenvalue weighted by Crippen LogP contribution is 2.21. The van der Waals surface area contributed by atoms with Crippen LogP contribution in [0.1, 0.15) is 0 Å². The molecule has 2 aromatic rings. The lowest BCUT2D eigenvalue weighted by atomic mass is 10.3. The first-order valence-corrected chi connectivity index (χ1v) is 5.98. The number of anilines is 1. The highest BCUT2D eigenvalue weighted by Gasteiger charge is 2.11. The molecule has 2 rings (SSSR count). The van der Waals surface area contributed by atoms with Crippen molar-refractivity contribution in [1.29, 1.82) is 0 Å². The molecule has 1 unspecified atom stereocenters. The van der Waals surface area contributed by atoms with E-state index in [1.54, 1.807) is 12.1 Å². The SMILES string of the molecule is NC(=O)C(N)CSc1nc2ccc(N)cc2[nH]1. The molecule has 0 spiro atoms. The van der Waals surface area contributed by atoms with Crippen molar-refractivity contribution in [3.05, 3.63) is 18.2 Å². The molecule has 7 heteroatoms. The second-order valence-corrected chi connectivity index (χ2v) is 4.65. The summed E-state index contributed by atoms with van der Waals surface area (Å²) in [5.41, 5.74) is 18.6. The summed E-state index contributed by atoms with van der Waals surface area (Å²) >= 11 is 1.36. The van der Waals surface area contributed by atoms with E-state index >= 15 is 0 Å². The van der Waals surface area contributed by atoms with Crippen LogP contribution in [-0.2, 0) is 4.79 Å². The minimum Gasteiger partial charge on any atom is -0.399 e. The predicted octanol–water partition coefficient (Wildman–Crippen LogP) is 0.0498. The van der Waals surface area contributed by atoms with Gasteiger partial charge in [0, 0.05) is 11.4 Å². The number of fused-ring (bicyclic) bond motifs is 1. The van der Waals surface area contributed by atoms with Crippen LogP contribution in [0.3, 0.4) is 0 Å². The Morgan fingerprint density at radius 2 is 2.29 bits per heavy atom. The van der Waals surface area contributed by atoms with Gasteiger partial charge in [-0.15, -0.1) is 0 Å². The zero-order chi connectivity index (χ0) is 12.4. The van der Waals surface area contributed by atoms with E-state index in [-0.39, 0.29) is 0 Å². The average molecular weight is 251 g/mol. The molecule has 1 atom stereocenters.